The maximum absolute atomic E-state index is 13.4. The lowest BCUT2D eigenvalue weighted by Crippen LogP contribution is -2.68. The first-order valence-corrected chi connectivity index (χ1v) is 20.1. The molecule has 0 bridgehead atoms. The monoisotopic (exact) mass is 730 g/mol. The first kappa shape index (κ1) is 41.0. The number of hydrogen-bond donors (Lipinski definition) is 0. The molecule has 0 saturated carbocycles. The van der Waals surface area contributed by atoms with Crippen LogP contribution in [0.15, 0.2) is 72.8 Å². The number of benzene rings is 3. The van der Waals surface area contributed by atoms with Gasteiger partial charge in [-0.25, -0.2) is 23.4 Å². The van der Waals surface area contributed by atoms with Crippen molar-refractivity contribution in [3.63, 3.8) is 0 Å². The predicted octanol–water partition coefficient (Wildman–Crippen LogP) is 6.98. The van der Waals surface area contributed by atoms with Gasteiger partial charge in [0, 0.05) is 13.1 Å². The van der Waals surface area contributed by atoms with Gasteiger partial charge in [0.1, 0.15) is 5.56 Å². The van der Waals surface area contributed by atoms with E-state index in [0.29, 0.717) is 5.56 Å². The first-order valence-electron chi connectivity index (χ1n) is 18.9. The van der Waals surface area contributed by atoms with Crippen molar-refractivity contribution in [2.45, 2.75) is 118 Å². The summed E-state index contributed by atoms with van der Waals surface area (Å²) in [6, 6.07) is 25.7. The van der Waals surface area contributed by atoms with E-state index in [1.54, 1.807) is 0 Å². The first-order chi connectivity index (χ1) is 25.0. The number of ether oxygens (including phenoxy) is 1. The van der Waals surface area contributed by atoms with E-state index in [1.807, 2.05) is 12.1 Å². The SMILES string of the molecule is CCCCCCCCn1c(C)c([C+](c2ccccc2C(=O)OC)c2c(C)n(CCCCCCCC)c3ccccc23)c2ccccc21.[O-][Cl+3]([O-])([O-])[O-]. The normalized spacial score (nSPS) is 11.6. The van der Waals surface area contributed by atoms with Gasteiger partial charge in [-0.05, 0) is 69.2 Å². The minimum absolute atomic E-state index is 0.306. The molecule has 0 unspecified atom stereocenters. The van der Waals surface area contributed by atoms with Crippen LogP contribution in [0.5, 0.6) is 0 Å². The summed E-state index contributed by atoms with van der Waals surface area (Å²) in [7, 11) is -3.46. The van der Waals surface area contributed by atoms with Gasteiger partial charge in [0.25, 0.3) is 0 Å². The number of unbranched alkanes of at least 4 members (excludes halogenated alkanes) is 10. The molecule has 9 heteroatoms. The fraction of sp³-hybridized carbons (Fsp3) is 0.442. The molecule has 0 aliphatic carbocycles. The number of methoxy groups -OCH3 is 1. The topological polar surface area (TPSA) is 128 Å². The number of aryl methyl sites for hydroxylation is 2. The van der Waals surface area contributed by atoms with E-state index in [4.69, 9.17) is 23.4 Å². The van der Waals surface area contributed by atoms with E-state index in [-0.39, 0.29) is 5.97 Å². The average molecular weight is 731 g/mol. The molecule has 0 aliphatic rings. The van der Waals surface area contributed by atoms with Crippen LogP contribution in [0.1, 0.15) is 129 Å². The third-order valence-electron chi connectivity index (χ3n) is 10.0. The second kappa shape index (κ2) is 19.9. The Labute approximate surface area is 311 Å². The summed E-state index contributed by atoms with van der Waals surface area (Å²) in [6.45, 7) is 11.1. The van der Waals surface area contributed by atoms with Gasteiger partial charge < -0.3 is 13.9 Å². The lowest BCUT2D eigenvalue weighted by Gasteiger charge is -2.17. The molecule has 2 heterocycles. The van der Waals surface area contributed by atoms with E-state index in [9.17, 15) is 4.79 Å². The van der Waals surface area contributed by atoms with Crippen LogP contribution in [0.3, 0.4) is 0 Å². The summed E-state index contributed by atoms with van der Waals surface area (Å²) in [4.78, 5) is 13.4. The molecule has 3 aromatic carbocycles. The molecule has 0 radical (unpaired) electrons. The number of nitrogens with zero attached hydrogens (tertiary/aromatic N) is 2. The molecule has 0 atom stereocenters. The molecule has 0 amide bonds. The molecule has 2 aromatic heterocycles. The molecule has 0 aliphatic heterocycles. The third-order valence-corrected chi connectivity index (χ3v) is 10.0. The Morgan fingerprint density at radius 3 is 1.44 bits per heavy atom. The second-order valence-electron chi connectivity index (χ2n) is 13.6. The minimum atomic E-state index is -4.94. The van der Waals surface area contributed by atoms with Gasteiger partial charge in [-0.15, -0.1) is 10.2 Å². The van der Waals surface area contributed by atoms with Crippen molar-refractivity contribution in [3.05, 3.63) is 112 Å². The van der Waals surface area contributed by atoms with Crippen molar-refractivity contribution in [1.82, 2.24) is 9.13 Å². The van der Waals surface area contributed by atoms with Crippen molar-refractivity contribution in [3.8, 4) is 0 Å². The van der Waals surface area contributed by atoms with Crippen LogP contribution in [-0.2, 0) is 17.8 Å². The summed E-state index contributed by atoms with van der Waals surface area (Å²) in [6.07, 6.45) is 15.2. The summed E-state index contributed by atoms with van der Waals surface area (Å²) >= 11 is 0. The van der Waals surface area contributed by atoms with Crippen LogP contribution in [0.25, 0.3) is 21.8 Å². The summed E-state index contributed by atoms with van der Waals surface area (Å²) in [5.41, 5.74) is 8.98. The van der Waals surface area contributed by atoms with Crippen LogP contribution < -0.4 is 18.6 Å². The van der Waals surface area contributed by atoms with Crippen molar-refractivity contribution in [1.29, 1.82) is 0 Å². The van der Waals surface area contributed by atoms with Crippen molar-refractivity contribution in [2.24, 2.45) is 0 Å². The highest BCUT2D eigenvalue weighted by Gasteiger charge is 2.37. The zero-order chi connectivity index (χ0) is 37.7. The largest absolute Gasteiger partial charge is 0.461 e. The highest BCUT2D eigenvalue weighted by Crippen LogP contribution is 2.45. The van der Waals surface area contributed by atoms with Crippen molar-refractivity contribution in [2.75, 3.05) is 7.11 Å². The average Bonchev–Trinajstić information content (AvgIpc) is 3.56. The van der Waals surface area contributed by atoms with Gasteiger partial charge in [-0.3, -0.25) is 0 Å². The maximum Gasteiger partial charge on any atom is 0.363 e. The van der Waals surface area contributed by atoms with Gasteiger partial charge in [-0.2, -0.15) is 0 Å². The number of aromatic nitrogens is 2. The van der Waals surface area contributed by atoms with Gasteiger partial charge in [0.05, 0.1) is 62.9 Å². The van der Waals surface area contributed by atoms with Crippen LogP contribution in [0.4, 0.5) is 0 Å². The number of rotatable bonds is 18. The van der Waals surface area contributed by atoms with E-state index in [2.05, 4.69) is 97.5 Å². The Bertz CT molecular complexity index is 1770. The Morgan fingerprint density at radius 2 is 1.00 bits per heavy atom. The highest BCUT2D eigenvalue weighted by molar-refractivity contribution is 5.99. The quantitative estimate of drug-likeness (QED) is 0.0544. The Kier molecular flexibility index (Phi) is 15.7. The van der Waals surface area contributed by atoms with Crippen LogP contribution in [-0.4, -0.2) is 22.2 Å². The van der Waals surface area contributed by atoms with E-state index in [1.165, 1.54) is 116 Å². The number of carbonyl (C=O) groups excluding carboxylic acids is 1. The molecule has 0 saturated heterocycles. The minimum Gasteiger partial charge on any atom is -0.461 e. The van der Waals surface area contributed by atoms with Crippen LogP contribution in [0, 0.1) is 30.0 Å². The second-order valence-corrected chi connectivity index (χ2v) is 14.3. The van der Waals surface area contributed by atoms with Crippen molar-refractivity contribution >= 4 is 27.8 Å². The molecule has 0 spiro atoms. The maximum atomic E-state index is 13.4. The number of para-hydroxylation sites is 2. The van der Waals surface area contributed by atoms with Crippen LogP contribution in [0.2, 0.25) is 0 Å². The fourth-order valence-electron chi connectivity index (χ4n) is 7.55. The lowest BCUT2D eigenvalue weighted by atomic mass is 9.80. The Balaban J connectivity index is 0.00000113. The number of fused-ring (bicyclic) bond motifs is 2. The smallest absolute Gasteiger partial charge is 0.363 e. The molecule has 0 fully saturated rings. The Hall–Kier alpha value is -3.79. The van der Waals surface area contributed by atoms with Crippen molar-refractivity contribution < 1.29 is 38.4 Å². The fourth-order valence-corrected chi connectivity index (χ4v) is 7.55. The van der Waals surface area contributed by atoms with E-state index >= 15 is 0 Å². The number of hydrogen-bond acceptors (Lipinski definition) is 6. The zero-order valence-corrected chi connectivity index (χ0v) is 32.3. The molecule has 52 heavy (non-hydrogen) atoms. The van der Waals surface area contributed by atoms with Crippen LogP contribution >= 0.6 is 0 Å². The molecular formula is C43H55ClN2O6. The number of halogens is 1. The third kappa shape index (κ3) is 10.4. The zero-order valence-electron chi connectivity index (χ0n) is 31.5. The molecular weight excluding hydrogens is 676 g/mol. The number of carbonyl (C=O) groups is 1. The lowest BCUT2D eigenvalue weighted by molar-refractivity contribution is -2.00. The van der Waals surface area contributed by atoms with E-state index in [0.717, 1.165) is 37.4 Å². The summed E-state index contributed by atoms with van der Waals surface area (Å²) in [5, 5.41) is 2.47. The molecule has 0 N–H and O–H groups in total. The molecule has 280 valence electrons. The van der Waals surface area contributed by atoms with E-state index < -0.39 is 10.2 Å². The number of esters is 1. The predicted molar refractivity (Wildman–Crippen MR) is 198 cm³/mol. The summed E-state index contributed by atoms with van der Waals surface area (Å²) < 4.78 is 44.4. The molecule has 8 nitrogen and oxygen atoms in total. The Morgan fingerprint density at radius 1 is 0.615 bits per heavy atom. The highest BCUT2D eigenvalue weighted by atomic mass is 35.7. The molecule has 5 aromatic rings. The summed E-state index contributed by atoms with van der Waals surface area (Å²) in [5.74, 6) is 0.817. The van der Waals surface area contributed by atoms with Gasteiger partial charge in [0.2, 0.25) is 0 Å². The van der Waals surface area contributed by atoms with Gasteiger partial charge in [0.15, 0.2) is 0 Å². The standard InChI is InChI=1S/C43H55N2O2.ClHO4/c1-6-8-10-12-14-22-30-44-32(3)40(36-26-18-20-28-38(36)44)42(34-24-16-17-25-35(34)43(46)47-5)41-33(4)45(31-23-15-13-11-9-7-2)39-29-21-19-27-37(39)41;2-1(3,4)5/h16-21,24-29H,6-15,22-23,30-31H2,1-5H3;(H,2,3,4,5)/q+1;/p-1. The van der Waals surface area contributed by atoms with Gasteiger partial charge in [-0.1, -0.05) is 108 Å². The van der Waals surface area contributed by atoms with Gasteiger partial charge >= 0.3 is 5.97 Å². The molecule has 5 rings (SSSR count).